The zero-order chi connectivity index (χ0) is 24.0. The molecule has 1 aliphatic rings. The number of sulfone groups is 1. The normalized spacial score (nSPS) is 14.9. The van der Waals surface area contributed by atoms with Crippen LogP contribution in [0.4, 0.5) is 29.3 Å². The predicted molar refractivity (Wildman–Crippen MR) is 114 cm³/mol. The average molecular weight is 478 g/mol. The van der Waals surface area contributed by atoms with Crippen LogP contribution in [0.15, 0.2) is 59.6 Å². The summed E-state index contributed by atoms with van der Waals surface area (Å²) in [6, 6.07) is 10.1. The Morgan fingerprint density at radius 3 is 2.39 bits per heavy atom. The number of carbonyl (C=O) groups is 2. The lowest BCUT2D eigenvalue weighted by Crippen LogP contribution is -2.33. The van der Waals surface area contributed by atoms with Gasteiger partial charge < -0.3 is 10.2 Å². The number of urea groups is 1. The van der Waals surface area contributed by atoms with Gasteiger partial charge in [0, 0.05) is 30.9 Å². The van der Waals surface area contributed by atoms with E-state index in [2.05, 4.69) is 10.3 Å². The highest BCUT2D eigenvalue weighted by molar-refractivity contribution is 7.92. The first-order valence-electron chi connectivity index (χ1n) is 9.61. The number of rotatable bonds is 5. The fraction of sp³-hybridized carbons (Fsp3) is 0.190. The largest absolute Gasteiger partial charge is 0.501 e. The second-order valence-corrected chi connectivity index (χ2v) is 9.20. The number of hydrogen-bond acceptors (Lipinski definition) is 6. The van der Waals surface area contributed by atoms with E-state index in [0.29, 0.717) is 5.52 Å². The number of benzene rings is 2. The predicted octanol–water partition coefficient (Wildman–Crippen LogP) is 3.54. The van der Waals surface area contributed by atoms with Crippen molar-refractivity contribution in [2.24, 2.45) is 0 Å². The number of hydrogen-bond donors (Lipinski definition) is 1. The van der Waals surface area contributed by atoms with Crippen LogP contribution in [-0.4, -0.2) is 49.3 Å². The van der Waals surface area contributed by atoms with Gasteiger partial charge >= 0.3 is 11.5 Å². The molecule has 0 aliphatic carbocycles. The van der Waals surface area contributed by atoms with Crippen LogP contribution in [0, 0.1) is 0 Å². The molecule has 1 aromatic heterocycles. The van der Waals surface area contributed by atoms with Crippen molar-refractivity contribution in [3.63, 3.8) is 0 Å². The van der Waals surface area contributed by atoms with Gasteiger partial charge in [-0.25, -0.2) is 18.1 Å². The zero-order valence-electron chi connectivity index (χ0n) is 17.1. The fourth-order valence-corrected chi connectivity index (χ4v) is 4.30. The maximum absolute atomic E-state index is 12.9. The summed E-state index contributed by atoms with van der Waals surface area (Å²) < 4.78 is 61.3. The Hall–Kier alpha value is -3.67. The summed E-state index contributed by atoms with van der Waals surface area (Å²) in [7, 11) is -3.76. The standard InChI is InChI=1S/C21H17F3N4O4S/c1-25-14-2-7-18-17(10-14)13(8-9-26-18)11-27-12-19(29)28(20(27)30)15-3-5-16(6-4-15)33(31,32)21(22,23)24/h2-10,25H,11-12H2,1H3. The molecule has 0 bridgehead atoms. The maximum Gasteiger partial charge on any atom is 0.501 e. The molecule has 33 heavy (non-hydrogen) atoms. The Kier molecular flexibility index (Phi) is 5.48. The summed E-state index contributed by atoms with van der Waals surface area (Å²) in [5.74, 6) is -0.583. The lowest BCUT2D eigenvalue weighted by molar-refractivity contribution is -0.116. The summed E-state index contributed by atoms with van der Waals surface area (Å²) in [6.07, 6.45) is 1.59. The molecule has 0 unspecified atom stereocenters. The number of imide groups is 1. The molecule has 1 fully saturated rings. The van der Waals surface area contributed by atoms with Crippen molar-refractivity contribution in [1.82, 2.24) is 9.88 Å². The van der Waals surface area contributed by atoms with Gasteiger partial charge in [0.05, 0.1) is 16.1 Å². The smallest absolute Gasteiger partial charge is 0.388 e. The number of nitrogens with one attached hydrogen (secondary N) is 1. The average Bonchev–Trinajstić information content (AvgIpc) is 3.05. The summed E-state index contributed by atoms with van der Waals surface area (Å²) in [5, 5.41) is 3.82. The minimum atomic E-state index is -5.53. The van der Waals surface area contributed by atoms with E-state index in [4.69, 9.17) is 0 Å². The molecular formula is C21H17F3N4O4S. The van der Waals surface area contributed by atoms with E-state index in [1.807, 2.05) is 18.2 Å². The highest BCUT2D eigenvalue weighted by atomic mass is 32.2. The van der Waals surface area contributed by atoms with E-state index >= 15 is 0 Å². The molecule has 4 rings (SSSR count). The van der Waals surface area contributed by atoms with E-state index in [0.717, 1.165) is 45.8 Å². The Labute approximate surface area is 186 Å². The first kappa shape index (κ1) is 22.5. The lowest BCUT2D eigenvalue weighted by atomic mass is 10.1. The van der Waals surface area contributed by atoms with Crippen molar-refractivity contribution >= 4 is 44.1 Å². The molecule has 1 aliphatic heterocycles. The van der Waals surface area contributed by atoms with Crippen LogP contribution in [0.3, 0.4) is 0 Å². The van der Waals surface area contributed by atoms with Gasteiger partial charge in [-0.15, -0.1) is 0 Å². The van der Waals surface area contributed by atoms with E-state index < -0.39 is 32.2 Å². The third-order valence-corrected chi connectivity index (χ3v) is 6.73. The van der Waals surface area contributed by atoms with E-state index in [-0.39, 0.29) is 18.8 Å². The van der Waals surface area contributed by atoms with Crippen molar-refractivity contribution in [2.75, 3.05) is 23.8 Å². The molecule has 0 saturated carbocycles. The fourth-order valence-electron chi connectivity index (χ4n) is 3.54. The Morgan fingerprint density at radius 2 is 1.76 bits per heavy atom. The SMILES string of the molecule is CNc1ccc2nccc(CN3CC(=O)N(c4ccc(S(=O)(=O)C(F)(F)F)cc4)C3=O)c2c1. The number of amides is 3. The number of nitrogens with zero attached hydrogens (tertiary/aromatic N) is 3. The van der Waals surface area contributed by atoms with Gasteiger partial charge in [0.1, 0.15) is 6.54 Å². The van der Waals surface area contributed by atoms with Crippen LogP contribution in [0.1, 0.15) is 5.56 Å². The molecule has 1 N–H and O–H groups in total. The second-order valence-electron chi connectivity index (χ2n) is 7.26. The first-order chi connectivity index (χ1) is 15.5. The van der Waals surface area contributed by atoms with Gasteiger partial charge in [-0.3, -0.25) is 9.78 Å². The number of fused-ring (bicyclic) bond motifs is 1. The van der Waals surface area contributed by atoms with Crippen molar-refractivity contribution in [1.29, 1.82) is 0 Å². The highest BCUT2D eigenvalue weighted by Gasteiger charge is 2.47. The van der Waals surface area contributed by atoms with Crippen LogP contribution in [0.25, 0.3) is 10.9 Å². The van der Waals surface area contributed by atoms with Crippen LogP contribution >= 0.6 is 0 Å². The van der Waals surface area contributed by atoms with Gasteiger partial charge in [0.2, 0.25) is 0 Å². The number of halogens is 3. The number of pyridine rings is 1. The highest BCUT2D eigenvalue weighted by Crippen LogP contribution is 2.32. The van der Waals surface area contributed by atoms with E-state index in [1.54, 1.807) is 19.3 Å². The molecular weight excluding hydrogens is 461 g/mol. The van der Waals surface area contributed by atoms with Gasteiger partial charge in [-0.2, -0.15) is 13.2 Å². The van der Waals surface area contributed by atoms with Crippen molar-refractivity contribution in [2.45, 2.75) is 16.9 Å². The molecule has 2 heterocycles. The summed E-state index contributed by atoms with van der Waals surface area (Å²) in [5.41, 5.74) is -3.17. The number of alkyl halides is 3. The molecule has 12 heteroatoms. The molecule has 1 saturated heterocycles. The van der Waals surface area contributed by atoms with Crippen molar-refractivity contribution < 1.29 is 31.2 Å². The molecule has 3 aromatic rings. The van der Waals surface area contributed by atoms with Gasteiger partial charge in [-0.1, -0.05) is 0 Å². The van der Waals surface area contributed by atoms with Crippen LogP contribution in [0.5, 0.6) is 0 Å². The van der Waals surface area contributed by atoms with Gasteiger partial charge in [-0.05, 0) is 54.1 Å². The molecule has 0 spiro atoms. The Bertz CT molecular complexity index is 1360. The molecule has 172 valence electrons. The van der Waals surface area contributed by atoms with Crippen LogP contribution < -0.4 is 10.2 Å². The van der Waals surface area contributed by atoms with Crippen LogP contribution in [0.2, 0.25) is 0 Å². The molecule has 0 radical (unpaired) electrons. The Morgan fingerprint density at radius 1 is 1.06 bits per heavy atom. The minimum absolute atomic E-state index is 0.0225. The van der Waals surface area contributed by atoms with Crippen molar-refractivity contribution in [3.8, 4) is 0 Å². The minimum Gasteiger partial charge on any atom is -0.388 e. The van der Waals surface area contributed by atoms with E-state index in [9.17, 15) is 31.2 Å². The summed E-state index contributed by atoms with van der Waals surface area (Å²) in [6.45, 7) is -0.134. The van der Waals surface area contributed by atoms with Gasteiger partial charge in [0.15, 0.2) is 0 Å². The third kappa shape index (κ3) is 3.97. The molecule has 0 atom stereocenters. The zero-order valence-corrected chi connectivity index (χ0v) is 17.9. The quantitative estimate of drug-likeness (QED) is 0.563. The summed E-state index contributed by atoms with van der Waals surface area (Å²) >= 11 is 0. The maximum atomic E-state index is 12.9. The monoisotopic (exact) mass is 478 g/mol. The third-order valence-electron chi connectivity index (χ3n) is 5.23. The number of aromatic nitrogens is 1. The number of carbonyl (C=O) groups excluding carboxylic acids is 2. The van der Waals surface area contributed by atoms with Gasteiger partial charge in [0.25, 0.3) is 15.7 Å². The van der Waals surface area contributed by atoms with Crippen molar-refractivity contribution in [3.05, 3.63) is 60.3 Å². The first-order valence-corrected chi connectivity index (χ1v) is 11.1. The second kappa shape index (κ2) is 8.03. The Balaban J connectivity index is 1.60. The van der Waals surface area contributed by atoms with E-state index in [1.165, 1.54) is 4.90 Å². The van der Waals surface area contributed by atoms with Crippen LogP contribution in [-0.2, 0) is 21.2 Å². The molecule has 2 aromatic carbocycles. The number of anilines is 2. The topological polar surface area (TPSA) is 99.7 Å². The summed E-state index contributed by atoms with van der Waals surface area (Å²) in [4.78, 5) is 30.9. The molecule has 3 amide bonds. The molecule has 8 nitrogen and oxygen atoms in total. The lowest BCUT2D eigenvalue weighted by Gasteiger charge is -2.18.